The third kappa shape index (κ3) is 2.68. The van der Waals surface area contributed by atoms with Crippen LogP contribution in [0.2, 0.25) is 5.02 Å². The van der Waals surface area contributed by atoms with E-state index in [0.717, 1.165) is 5.57 Å². The quantitative estimate of drug-likeness (QED) is 0.905. The van der Waals surface area contributed by atoms with Crippen molar-refractivity contribution in [3.05, 3.63) is 34.6 Å². The van der Waals surface area contributed by atoms with Crippen LogP contribution in [0.25, 0.3) is 5.57 Å². The summed E-state index contributed by atoms with van der Waals surface area (Å²) in [5.74, 6) is -0.328. The number of halogens is 2. The Morgan fingerprint density at radius 2 is 2.28 bits per heavy atom. The second-order valence-electron chi connectivity index (χ2n) is 4.33. The second kappa shape index (κ2) is 5.72. The smallest absolute Gasteiger partial charge is 0.184 e. The Kier molecular flexibility index (Phi) is 4.25. The fourth-order valence-electron chi connectivity index (χ4n) is 2.11. The number of allylic oxidation sites excluding steroid dienone is 1. The Bertz CT molecular complexity index is 471. The predicted molar refractivity (Wildman–Crippen MR) is 70.4 cm³/mol. The van der Waals surface area contributed by atoms with Crippen LogP contribution in [-0.2, 0) is 0 Å². The van der Waals surface area contributed by atoms with Crippen molar-refractivity contribution in [3.63, 3.8) is 0 Å². The van der Waals surface area contributed by atoms with Gasteiger partial charge in [0.1, 0.15) is 0 Å². The molecule has 0 heterocycles. The Morgan fingerprint density at radius 1 is 1.50 bits per heavy atom. The fraction of sp³-hybridized carbons (Fsp3) is 0.429. The first-order valence-electron chi connectivity index (χ1n) is 6.11. The average Bonchev–Trinajstić information content (AvgIpc) is 2.37. The summed E-state index contributed by atoms with van der Waals surface area (Å²) >= 11 is 6.05. The first kappa shape index (κ1) is 13.4. The summed E-state index contributed by atoms with van der Waals surface area (Å²) in [5.41, 5.74) is 1.69. The monoisotopic (exact) mass is 270 g/mol. The molecule has 0 aliphatic heterocycles. The van der Waals surface area contributed by atoms with Gasteiger partial charge in [0, 0.05) is 0 Å². The summed E-state index contributed by atoms with van der Waals surface area (Å²) in [6, 6.07) is 3.38. The van der Waals surface area contributed by atoms with Crippen molar-refractivity contribution in [1.82, 2.24) is 0 Å². The zero-order valence-corrected chi connectivity index (χ0v) is 11.0. The summed E-state index contributed by atoms with van der Waals surface area (Å²) in [7, 11) is 0. The molecule has 1 N–H and O–H groups in total. The standard InChI is InChI=1S/C14H16ClFO2/c1-2-18-12-8-7-11(13(15)14(12)16)9-3-5-10(17)6-4-9/h3,7-8,10,17H,2,4-6H2,1H3. The summed E-state index contributed by atoms with van der Waals surface area (Å²) < 4.78 is 19.1. The SMILES string of the molecule is CCOc1ccc(C2=CCC(O)CC2)c(Cl)c1F. The van der Waals surface area contributed by atoms with Gasteiger partial charge in [0.2, 0.25) is 0 Å². The Balaban J connectivity index is 2.32. The van der Waals surface area contributed by atoms with Crippen molar-refractivity contribution in [2.45, 2.75) is 32.3 Å². The van der Waals surface area contributed by atoms with Crippen LogP contribution in [0, 0.1) is 5.82 Å². The van der Waals surface area contributed by atoms with E-state index in [-0.39, 0.29) is 16.9 Å². The van der Waals surface area contributed by atoms with E-state index in [1.54, 1.807) is 19.1 Å². The van der Waals surface area contributed by atoms with Gasteiger partial charge in [-0.2, -0.15) is 0 Å². The van der Waals surface area contributed by atoms with Gasteiger partial charge in [-0.1, -0.05) is 17.7 Å². The molecular formula is C14H16ClFO2. The van der Waals surface area contributed by atoms with Gasteiger partial charge in [0.15, 0.2) is 11.6 Å². The minimum atomic E-state index is -0.511. The summed E-state index contributed by atoms with van der Waals surface area (Å²) in [6.07, 6.45) is 3.64. The van der Waals surface area contributed by atoms with Gasteiger partial charge in [-0.15, -0.1) is 0 Å². The summed E-state index contributed by atoms with van der Waals surface area (Å²) in [6.45, 7) is 2.20. The zero-order valence-electron chi connectivity index (χ0n) is 10.2. The summed E-state index contributed by atoms with van der Waals surface area (Å²) in [5, 5.41) is 9.54. The number of rotatable bonds is 3. The number of hydrogen-bond acceptors (Lipinski definition) is 2. The molecule has 0 spiro atoms. The van der Waals surface area contributed by atoms with Gasteiger partial charge < -0.3 is 9.84 Å². The molecule has 18 heavy (non-hydrogen) atoms. The molecule has 2 nitrogen and oxygen atoms in total. The fourth-order valence-corrected chi connectivity index (χ4v) is 2.39. The molecule has 1 unspecified atom stereocenters. The van der Waals surface area contributed by atoms with E-state index >= 15 is 0 Å². The highest BCUT2D eigenvalue weighted by Gasteiger charge is 2.18. The van der Waals surface area contributed by atoms with Gasteiger partial charge in [0.05, 0.1) is 17.7 Å². The molecule has 1 aliphatic rings. The van der Waals surface area contributed by atoms with E-state index in [1.165, 1.54) is 0 Å². The zero-order chi connectivity index (χ0) is 13.1. The highest BCUT2D eigenvalue weighted by atomic mass is 35.5. The molecule has 1 aromatic carbocycles. The maximum absolute atomic E-state index is 13.9. The average molecular weight is 271 g/mol. The molecule has 0 fully saturated rings. The third-order valence-corrected chi connectivity index (χ3v) is 3.45. The lowest BCUT2D eigenvalue weighted by Crippen LogP contribution is -2.10. The topological polar surface area (TPSA) is 29.5 Å². The van der Waals surface area contributed by atoms with Crippen molar-refractivity contribution >= 4 is 17.2 Å². The van der Waals surface area contributed by atoms with E-state index in [9.17, 15) is 9.50 Å². The molecule has 1 atom stereocenters. The lowest BCUT2D eigenvalue weighted by atomic mass is 9.92. The molecular weight excluding hydrogens is 255 g/mol. The van der Waals surface area contributed by atoms with E-state index in [4.69, 9.17) is 16.3 Å². The highest BCUT2D eigenvalue weighted by molar-refractivity contribution is 6.32. The van der Waals surface area contributed by atoms with Crippen LogP contribution < -0.4 is 4.74 Å². The number of hydrogen-bond donors (Lipinski definition) is 1. The van der Waals surface area contributed by atoms with E-state index < -0.39 is 5.82 Å². The maximum atomic E-state index is 13.9. The minimum absolute atomic E-state index is 0.101. The largest absolute Gasteiger partial charge is 0.491 e. The van der Waals surface area contributed by atoms with Crippen LogP contribution in [0.4, 0.5) is 4.39 Å². The van der Waals surface area contributed by atoms with Gasteiger partial charge in [-0.05, 0) is 49.5 Å². The highest BCUT2D eigenvalue weighted by Crippen LogP contribution is 2.36. The third-order valence-electron chi connectivity index (χ3n) is 3.08. The number of aliphatic hydroxyl groups excluding tert-OH is 1. The first-order chi connectivity index (χ1) is 8.63. The number of benzene rings is 1. The second-order valence-corrected chi connectivity index (χ2v) is 4.71. The Labute approximate surface area is 111 Å². The lowest BCUT2D eigenvalue weighted by Gasteiger charge is -2.19. The van der Waals surface area contributed by atoms with Crippen LogP contribution in [0.3, 0.4) is 0 Å². The molecule has 0 bridgehead atoms. The molecule has 0 saturated carbocycles. The Hall–Kier alpha value is -1.06. The van der Waals surface area contributed by atoms with Crippen molar-refractivity contribution in [3.8, 4) is 5.75 Å². The van der Waals surface area contributed by atoms with Crippen LogP contribution in [-0.4, -0.2) is 17.8 Å². The van der Waals surface area contributed by atoms with Crippen molar-refractivity contribution < 1.29 is 14.2 Å². The van der Waals surface area contributed by atoms with Crippen molar-refractivity contribution in [2.75, 3.05) is 6.61 Å². The number of ether oxygens (including phenoxy) is 1. The van der Waals surface area contributed by atoms with Crippen LogP contribution >= 0.6 is 11.6 Å². The Morgan fingerprint density at radius 3 is 2.89 bits per heavy atom. The van der Waals surface area contributed by atoms with Gasteiger partial charge in [-0.25, -0.2) is 4.39 Å². The van der Waals surface area contributed by atoms with Crippen LogP contribution in [0.5, 0.6) is 5.75 Å². The van der Waals surface area contributed by atoms with Gasteiger partial charge >= 0.3 is 0 Å². The van der Waals surface area contributed by atoms with Crippen LogP contribution in [0.15, 0.2) is 18.2 Å². The predicted octanol–water partition coefficient (Wildman–Crippen LogP) is 3.81. The molecule has 0 amide bonds. The molecule has 2 rings (SSSR count). The minimum Gasteiger partial charge on any atom is -0.491 e. The molecule has 4 heteroatoms. The van der Waals surface area contributed by atoms with Crippen molar-refractivity contribution in [2.24, 2.45) is 0 Å². The van der Waals surface area contributed by atoms with Gasteiger partial charge in [-0.3, -0.25) is 0 Å². The number of aliphatic hydroxyl groups is 1. The van der Waals surface area contributed by atoms with Crippen LogP contribution in [0.1, 0.15) is 31.7 Å². The molecule has 98 valence electrons. The molecule has 1 aromatic rings. The van der Waals surface area contributed by atoms with Gasteiger partial charge in [0.25, 0.3) is 0 Å². The van der Waals surface area contributed by atoms with E-state index in [0.29, 0.717) is 31.4 Å². The normalized spacial score (nSPS) is 19.6. The lowest BCUT2D eigenvalue weighted by molar-refractivity contribution is 0.166. The molecule has 0 aromatic heterocycles. The summed E-state index contributed by atoms with van der Waals surface area (Å²) in [4.78, 5) is 0. The first-order valence-corrected chi connectivity index (χ1v) is 6.49. The maximum Gasteiger partial charge on any atom is 0.184 e. The molecule has 0 saturated heterocycles. The van der Waals surface area contributed by atoms with E-state index in [1.807, 2.05) is 6.08 Å². The van der Waals surface area contributed by atoms with Crippen molar-refractivity contribution in [1.29, 1.82) is 0 Å². The molecule has 1 aliphatic carbocycles. The molecule has 0 radical (unpaired) electrons. The van der Waals surface area contributed by atoms with E-state index in [2.05, 4.69) is 0 Å².